The van der Waals surface area contributed by atoms with Gasteiger partial charge < -0.3 is 9.42 Å². The molecule has 2 aromatic rings. The molecule has 0 aromatic carbocycles. The van der Waals surface area contributed by atoms with Crippen LogP contribution in [0.5, 0.6) is 0 Å². The van der Waals surface area contributed by atoms with Gasteiger partial charge in [-0.3, -0.25) is 9.89 Å². The second-order valence-corrected chi connectivity index (χ2v) is 5.13. The molecule has 0 atom stereocenters. The van der Waals surface area contributed by atoms with Gasteiger partial charge in [0.2, 0.25) is 11.8 Å². The lowest BCUT2D eigenvalue weighted by atomic mass is 10.1. The molecule has 0 spiro atoms. The summed E-state index contributed by atoms with van der Waals surface area (Å²) in [5, 5.41) is 11.0. The smallest absolute Gasteiger partial charge is 0.226 e. The maximum absolute atomic E-state index is 12.1. The fourth-order valence-electron chi connectivity index (χ4n) is 1.99. The molecule has 7 heteroatoms. The first-order valence-electron chi connectivity index (χ1n) is 7.07. The summed E-state index contributed by atoms with van der Waals surface area (Å²) in [5.74, 6) is 1.17. The molecule has 0 bridgehead atoms. The largest absolute Gasteiger partial charge is 0.339 e. The predicted molar refractivity (Wildman–Crippen MR) is 76.5 cm³/mol. The summed E-state index contributed by atoms with van der Waals surface area (Å²) in [6, 6.07) is 0. The Morgan fingerprint density at radius 1 is 1.38 bits per heavy atom. The first-order chi connectivity index (χ1) is 10.0. The Balaban J connectivity index is 1.86. The van der Waals surface area contributed by atoms with Crippen molar-refractivity contribution in [3.63, 3.8) is 0 Å². The van der Waals surface area contributed by atoms with E-state index in [9.17, 15) is 4.79 Å². The van der Waals surface area contributed by atoms with Gasteiger partial charge in [0, 0.05) is 32.0 Å². The second-order valence-electron chi connectivity index (χ2n) is 5.13. The van der Waals surface area contributed by atoms with Gasteiger partial charge in [0.15, 0.2) is 5.82 Å². The van der Waals surface area contributed by atoms with Gasteiger partial charge in [-0.15, -0.1) is 0 Å². The normalized spacial score (nSPS) is 10.9. The van der Waals surface area contributed by atoms with E-state index < -0.39 is 0 Å². The Morgan fingerprint density at radius 2 is 2.14 bits per heavy atom. The summed E-state index contributed by atoms with van der Waals surface area (Å²) in [7, 11) is 1.74. The number of carbonyl (C=O) groups excluding carboxylic acids is 1. The Bertz CT molecular complexity index is 617. The lowest BCUT2D eigenvalue weighted by Crippen LogP contribution is -2.27. The SMILES string of the molecule is CCc1nc(CN(C)C(=O)CCc2n[nH]c(C)c2C)no1. The van der Waals surface area contributed by atoms with Crippen molar-refractivity contribution in [1.29, 1.82) is 0 Å². The Hall–Kier alpha value is -2.18. The van der Waals surface area contributed by atoms with Crippen molar-refractivity contribution in [3.05, 3.63) is 28.7 Å². The number of aryl methyl sites for hydroxylation is 3. The molecule has 0 unspecified atom stereocenters. The quantitative estimate of drug-likeness (QED) is 0.872. The van der Waals surface area contributed by atoms with Crippen LogP contribution in [0, 0.1) is 13.8 Å². The third-order valence-corrected chi connectivity index (χ3v) is 3.55. The highest BCUT2D eigenvalue weighted by Crippen LogP contribution is 2.11. The van der Waals surface area contributed by atoms with Crippen molar-refractivity contribution in [2.75, 3.05) is 7.05 Å². The average Bonchev–Trinajstić information content (AvgIpc) is 3.05. The number of nitrogens with zero attached hydrogens (tertiary/aromatic N) is 4. The average molecular weight is 291 g/mol. The molecule has 0 aliphatic rings. The molecule has 2 aromatic heterocycles. The summed E-state index contributed by atoms with van der Waals surface area (Å²) < 4.78 is 5.03. The lowest BCUT2D eigenvalue weighted by molar-refractivity contribution is -0.130. The van der Waals surface area contributed by atoms with Crippen molar-refractivity contribution < 1.29 is 9.32 Å². The highest BCUT2D eigenvalue weighted by molar-refractivity contribution is 5.76. The molecule has 21 heavy (non-hydrogen) atoms. The first kappa shape index (κ1) is 15.2. The van der Waals surface area contributed by atoms with Crippen LogP contribution in [-0.4, -0.2) is 38.2 Å². The number of rotatable bonds is 6. The minimum Gasteiger partial charge on any atom is -0.339 e. The number of hydrogen-bond donors (Lipinski definition) is 1. The van der Waals surface area contributed by atoms with Crippen LogP contribution in [0.15, 0.2) is 4.52 Å². The van der Waals surface area contributed by atoms with Crippen LogP contribution in [0.2, 0.25) is 0 Å². The molecule has 114 valence electrons. The fourth-order valence-corrected chi connectivity index (χ4v) is 1.99. The topological polar surface area (TPSA) is 87.9 Å². The number of carbonyl (C=O) groups is 1. The number of nitrogens with one attached hydrogen (secondary N) is 1. The van der Waals surface area contributed by atoms with Crippen molar-refractivity contribution in [2.24, 2.45) is 0 Å². The molecule has 0 saturated heterocycles. The van der Waals surface area contributed by atoms with E-state index in [4.69, 9.17) is 4.52 Å². The van der Waals surface area contributed by atoms with Crippen molar-refractivity contribution in [2.45, 2.75) is 46.6 Å². The number of hydrogen-bond acceptors (Lipinski definition) is 5. The highest BCUT2D eigenvalue weighted by Gasteiger charge is 2.14. The van der Waals surface area contributed by atoms with Crippen LogP contribution < -0.4 is 0 Å². The Kier molecular flexibility index (Phi) is 4.72. The Labute approximate surface area is 123 Å². The zero-order valence-electron chi connectivity index (χ0n) is 12.9. The van der Waals surface area contributed by atoms with Gasteiger partial charge in [-0.25, -0.2) is 0 Å². The van der Waals surface area contributed by atoms with Crippen LogP contribution in [-0.2, 0) is 24.2 Å². The first-order valence-corrected chi connectivity index (χ1v) is 7.07. The summed E-state index contributed by atoms with van der Waals surface area (Å²) in [5.41, 5.74) is 3.11. The molecular weight excluding hydrogens is 270 g/mol. The molecular formula is C14H21N5O2. The van der Waals surface area contributed by atoms with E-state index in [1.165, 1.54) is 0 Å². The monoisotopic (exact) mass is 291 g/mol. The summed E-state index contributed by atoms with van der Waals surface area (Å²) >= 11 is 0. The zero-order chi connectivity index (χ0) is 15.4. The van der Waals surface area contributed by atoms with E-state index in [1.54, 1.807) is 11.9 Å². The van der Waals surface area contributed by atoms with Crippen LogP contribution in [0.25, 0.3) is 0 Å². The molecule has 7 nitrogen and oxygen atoms in total. The summed E-state index contributed by atoms with van der Waals surface area (Å²) in [4.78, 5) is 17.9. The van der Waals surface area contributed by atoms with E-state index >= 15 is 0 Å². The van der Waals surface area contributed by atoms with E-state index in [1.807, 2.05) is 20.8 Å². The van der Waals surface area contributed by atoms with E-state index in [0.29, 0.717) is 37.5 Å². The molecule has 0 fully saturated rings. The third-order valence-electron chi connectivity index (χ3n) is 3.55. The highest BCUT2D eigenvalue weighted by atomic mass is 16.5. The summed E-state index contributed by atoms with van der Waals surface area (Å²) in [6.45, 7) is 6.29. The molecule has 0 aliphatic carbocycles. The molecule has 2 heterocycles. The standard InChI is InChI=1S/C14H21N5O2/c1-5-13-15-12(18-21-13)8-19(4)14(20)7-6-11-9(2)10(3)16-17-11/h5-8H2,1-4H3,(H,16,17). The minimum absolute atomic E-state index is 0.0397. The number of aromatic amines is 1. The van der Waals surface area contributed by atoms with Crippen molar-refractivity contribution in [3.8, 4) is 0 Å². The third kappa shape index (κ3) is 3.68. The number of aromatic nitrogens is 4. The van der Waals surface area contributed by atoms with Crippen molar-refractivity contribution in [1.82, 2.24) is 25.2 Å². The van der Waals surface area contributed by atoms with E-state index in [0.717, 1.165) is 17.0 Å². The van der Waals surface area contributed by atoms with Crippen LogP contribution in [0.1, 0.15) is 42.0 Å². The van der Waals surface area contributed by atoms with Gasteiger partial charge in [0.05, 0.1) is 12.2 Å². The lowest BCUT2D eigenvalue weighted by Gasteiger charge is -2.14. The summed E-state index contributed by atoms with van der Waals surface area (Å²) in [6.07, 6.45) is 1.74. The van der Waals surface area contributed by atoms with Gasteiger partial charge in [-0.05, 0) is 19.4 Å². The van der Waals surface area contributed by atoms with Crippen LogP contribution in [0.4, 0.5) is 0 Å². The maximum Gasteiger partial charge on any atom is 0.226 e. The van der Waals surface area contributed by atoms with Crippen LogP contribution in [0.3, 0.4) is 0 Å². The molecule has 0 aliphatic heterocycles. The maximum atomic E-state index is 12.1. The number of H-pyrrole nitrogens is 1. The number of amides is 1. The van der Waals surface area contributed by atoms with E-state index in [2.05, 4.69) is 20.3 Å². The van der Waals surface area contributed by atoms with E-state index in [-0.39, 0.29) is 5.91 Å². The molecule has 0 radical (unpaired) electrons. The van der Waals surface area contributed by atoms with Gasteiger partial charge in [-0.1, -0.05) is 12.1 Å². The molecule has 1 N–H and O–H groups in total. The Morgan fingerprint density at radius 3 is 2.71 bits per heavy atom. The van der Waals surface area contributed by atoms with Gasteiger partial charge >= 0.3 is 0 Å². The van der Waals surface area contributed by atoms with Gasteiger partial charge in [0.25, 0.3) is 0 Å². The minimum atomic E-state index is 0.0397. The molecule has 2 rings (SSSR count). The van der Waals surface area contributed by atoms with Crippen molar-refractivity contribution >= 4 is 5.91 Å². The molecule has 0 saturated carbocycles. The van der Waals surface area contributed by atoms with Gasteiger partial charge in [0.1, 0.15) is 0 Å². The molecule has 1 amide bonds. The van der Waals surface area contributed by atoms with Crippen LogP contribution >= 0.6 is 0 Å². The zero-order valence-corrected chi connectivity index (χ0v) is 12.9. The fraction of sp³-hybridized carbons (Fsp3) is 0.571. The predicted octanol–water partition coefficient (Wildman–Crippen LogP) is 1.56. The van der Waals surface area contributed by atoms with Gasteiger partial charge in [-0.2, -0.15) is 10.1 Å². The second kappa shape index (κ2) is 6.51.